The lowest BCUT2D eigenvalue weighted by molar-refractivity contribution is -0.145. The van der Waals surface area contributed by atoms with Crippen LogP contribution in [0.2, 0.25) is 0 Å². The average Bonchev–Trinajstić information content (AvgIpc) is 2.36. The van der Waals surface area contributed by atoms with Crippen molar-refractivity contribution in [1.29, 1.82) is 0 Å². The van der Waals surface area contributed by atoms with E-state index >= 15 is 0 Å². The molecule has 6 heteroatoms. The average molecular weight is 286 g/mol. The van der Waals surface area contributed by atoms with Crippen LogP contribution in [0.4, 0.5) is 4.79 Å². The number of carboxylic acid groups (broad SMARTS) is 1. The van der Waals surface area contributed by atoms with Crippen LogP contribution in [0.3, 0.4) is 0 Å². The van der Waals surface area contributed by atoms with Crippen molar-refractivity contribution in [2.24, 2.45) is 11.8 Å². The minimum atomic E-state index is -0.927. The van der Waals surface area contributed by atoms with Crippen LogP contribution in [0.1, 0.15) is 33.6 Å². The lowest BCUT2D eigenvalue weighted by Gasteiger charge is -2.37. The first-order chi connectivity index (χ1) is 9.43. The van der Waals surface area contributed by atoms with E-state index in [0.717, 1.165) is 12.8 Å². The van der Waals surface area contributed by atoms with Gasteiger partial charge in [0.2, 0.25) is 0 Å². The van der Waals surface area contributed by atoms with Crippen molar-refractivity contribution < 1.29 is 19.4 Å². The molecule has 116 valence electrons. The topological polar surface area (TPSA) is 78.9 Å². The summed E-state index contributed by atoms with van der Waals surface area (Å²) >= 11 is 0. The lowest BCUT2D eigenvalue weighted by Crippen LogP contribution is -2.55. The quantitative estimate of drug-likeness (QED) is 0.726. The number of nitrogens with zero attached hydrogens (tertiary/aromatic N) is 1. The number of carbonyl (C=O) groups is 2. The SMILES string of the molecule is CC(C)COCCNC(=O)N1CCCC(C)C1C(=O)O. The number of rotatable bonds is 6. The summed E-state index contributed by atoms with van der Waals surface area (Å²) in [4.78, 5) is 24.8. The van der Waals surface area contributed by atoms with Crippen LogP contribution in [-0.2, 0) is 9.53 Å². The van der Waals surface area contributed by atoms with Gasteiger partial charge in [0.1, 0.15) is 6.04 Å². The summed E-state index contributed by atoms with van der Waals surface area (Å²) in [5.41, 5.74) is 0. The van der Waals surface area contributed by atoms with Gasteiger partial charge in [-0.25, -0.2) is 9.59 Å². The van der Waals surface area contributed by atoms with Crippen molar-refractivity contribution in [3.8, 4) is 0 Å². The fourth-order valence-electron chi connectivity index (χ4n) is 2.44. The van der Waals surface area contributed by atoms with Crippen LogP contribution >= 0.6 is 0 Å². The molecule has 2 amide bonds. The van der Waals surface area contributed by atoms with E-state index in [4.69, 9.17) is 4.74 Å². The molecular weight excluding hydrogens is 260 g/mol. The van der Waals surface area contributed by atoms with Crippen LogP contribution in [0.5, 0.6) is 0 Å². The normalized spacial score (nSPS) is 22.9. The predicted molar refractivity (Wildman–Crippen MR) is 75.6 cm³/mol. The van der Waals surface area contributed by atoms with Crippen LogP contribution in [0.15, 0.2) is 0 Å². The van der Waals surface area contributed by atoms with Gasteiger partial charge in [0.25, 0.3) is 0 Å². The fraction of sp³-hybridized carbons (Fsp3) is 0.857. The van der Waals surface area contributed by atoms with Crippen LogP contribution in [0, 0.1) is 11.8 Å². The highest BCUT2D eigenvalue weighted by Crippen LogP contribution is 2.23. The molecule has 0 saturated carbocycles. The molecule has 20 heavy (non-hydrogen) atoms. The van der Waals surface area contributed by atoms with E-state index in [9.17, 15) is 14.7 Å². The third-order valence-corrected chi connectivity index (χ3v) is 3.42. The molecule has 1 fully saturated rings. The van der Waals surface area contributed by atoms with E-state index < -0.39 is 12.0 Å². The summed E-state index contributed by atoms with van der Waals surface area (Å²) in [5.74, 6) is -0.474. The van der Waals surface area contributed by atoms with E-state index in [-0.39, 0.29) is 11.9 Å². The van der Waals surface area contributed by atoms with Crippen molar-refractivity contribution in [2.45, 2.75) is 39.7 Å². The molecule has 2 unspecified atom stereocenters. The first-order valence-electron chi connectivity index (χ1n) is 7.28. The van der Waals surface area contributed by atoms with E-state index in [1.54, 1.807) is 0 Å². The molecule has 0 aromatic carbocycles. The van der Waals surface area contributed by atoms with Gasteiger partial charge in [-0.1, -0.05) is 20.8 Å². The lowest BCUT2D eigenvalue weighted by atomic mass is 9.91. The Hall–Kier alpha value is -1.30. The molecule has 1 aliphatic heterocycles. The third-order valence-electron chi connectivity index (χ3n) is 3.42. The van der Waals surface area contributed by atoms with Crippen LogP contribution in [-0.4, -0.2) is 54.4 Å². The number of piperidine rings is 1. The van der Waals surface area contributed by atoms with Crippen molar-refractivity contribution in [2.75, 3.05) is 26.3 Å². The molecule has 1 aliphatic rings. The van der Waals surface area contributed by atoms with E-state index in [1.165, 1.54) is 4.90 Å². The van der Waals surface area contributed by atoms with Gasteiger partial charge in [0.15, 0.2) is 0 Å². The number of hydrogen-bond donors (Lipinski definition) is 2. The first-order valence-corrected chi connectivity index (χ1v) is 7.28. The van der Waals surface area contributed by atoms with E-state index in [1.807, 2.05) is 6.92 Å². The van der Waals surface area contributed by atoms with E-state index in [0.29, 0.717) is 32.2 Å². The van der Waals surface area contributed by atoms with Gasteiger partial charge < -0.3 is 20.1 Å². The zero-order chi connectivity index (χ0) is 15.1. The van der Waals surface area contributed by atoms with Crippen molar-refractivity contribution in [1.82, 2.24) is 10.2 Å². The van der Waals surface area contributed by atoms with Gasteiger partial charge in [-0.15, -0.1) is 0 Å². The number of likely N-dealkylation sites (tertiary alicyclic amines) is 1. The maximum absolute atomic E-state index is 12.1. The zero-order valence-electron chi connectivity index (χ0n) is 12.6. The molecule has 0 radical (unpaired) electrons. The Morgan fingerprint density at radius 1 is 1.45 bits per heavy atom. The number of hydrogen-bond acceptors (Lipinski definition) is 3. The number of amides is 2. The molecule has 1 saturated heterocycles. The van der Waals surface area contributed by atoms with Crippen molar-refractivity contribution in [3.63, 3.8) is 0 Å². The Bertz CT molecular complexity index is 333. The van der Waals surface area contributed by atoms with Gasteiger partial charge in [-0.05, 0) is 24.7 Å². The third kappa shape index (κ3) is 5.00. The summed E-state index contributed by atoms with van der Waals surface area (Å²) in [7, 11) is 0. The summed E-state index contributed by atoms with van der Waals surface area (Å²) in [6, 6.07) is -1.03. The standard InChI is InChI=1S/C14H26N2O4/c1-10(2)9-20-8-6-15-14(19)16-7-4-5-11(3)12(16)13(17)18/h10-12H,4-9H2,1-3H3,(H,15,19)(H,17,18). The molecule has 2 atom stereocenters. The summed E-state index contributed by atoms with van der Waals surface area (Å²) < 4.78 is 5.38. The number of ether oxygens (including phenoxy) is 1. The zero-order valence-corrected chi connectivity index (χ0v) is 12.6. The minimum Gasteiger partial charge on any atom is -0.480 e. The maximum Gasteiger partial charge on any atom is 0.326 e. The molecule has 0 aromatic heterocycles. The summed E-state index contributed by atoms with van der Waals surface area (Å²) in [6.45, 7) is 8.02. The minimum absolute atomic E-state index is 0.0100. The number of nitrogens with one attached hydrogen (secondary N) is 1. The van der Waals surface area contributed by atoms with Crippen LogP contribution in [0.25, 0.3) is 0 Å². The Morgan fingerprint density at radius 3 is 2.75 bits per heavy atom. The molecule has 1 rings (SSSR count). The molecule has 1 heterocycles. The molecular formula is C14H26N2O4. The molecule has 0 spiro atoms. The number of urea groups is 1. The molecule has 0 aromatic rings. The second-order valence-corrected chi connectivity index (χ2v) is 5.80. The Labute approximate surface area is 120 Å². The highest BCUT2D eigenvalue weighted by atomic mass is 16.5. The fourth-order valence-corrected chi connectivity index (χ4v) is 2.44. The second kappa shape index (κ2) is 8.09. The van der Waals surface area contributed by atoms with Gasteiger partial charge in [0, 0.05) is 19.7 Å². The summed E-state index contributed by atoms with van der Waals surface area (Å²) in [6.07, 6.45) is 1.69. The van der Waals surface area contributed by atoms with Gasteiger partial charge in [-0.2, -0.15) is 0 Å². The smallest absolute Gasteiger partial charge is 0.326 e. The summed E-state index contributed by atoms with van der Waals surface area (Å²) in [5, 5.41) is 12.0. The molecule has 0 aliphatic carbocycles. The van der Waals surface area contributed by atoms with Gasteiger partial charge in [0.05, 0.1) is 6.61 Å². The van der Waals surface area contributed by atoms with Crippen molar-refractivity contribution in [3.05, 3.63) is 0 Å². The predicted octanol–water partition coefficient (Wildman–Crippen LogP) is 1.55. The van der Waals surface area contributed by atoms with Crippen LogP contribution < -0.4 is 5.32 Å². The number of carboxylic acids is 1. The monoisotopic (exact) mass is 286 g/mol. The Balaban J connectivity index is 2.38. The van der Waals surface area contributed by atoms with Gasteiger partial charge in [-0.3, -0.25) is 0 Å². The molecule has 2 N–H and O–H groups in total. The maximum atomic E-state index is 12.1. The second-order valence-electron chi connectivity index (χ2n) is 5.80. The highest BCUT2D eigenvalue weighted by molar-refractivity contribution is 5.83. The first kappa shape index (κ1) is 16.8. The van der Waals surface area contributed by atoms with Gasteiger partial charge >= 0.3 is 12.0 Å². The van der Waals surface area contributed by atoms with Crippen molar-refractivity contribution >= 4 is 12.0 Å². The Kier molecular flexibility index (Phi) is 6.78. The Morgan fingerprint density at radius 2 is 2.15 bits per heavy atom. The number of aliphatic carboxylic acids is 1. The number of carbonyl (C=O) groups excluding carboxylic acids is 1. The highest BCUT2D eigenvalue weighted by Gasteiger charge is 2.36. The molecule has 0 bridgehead atoms. The largest absolute Gasteiger partial charge is 0.480 e. The van der Waals surface area contributed by atoms with E-state index in [2.05, 4.69) is 19.2 Å². The molecule has 6 nitrogen and oxygen atoms in total.